The second-order valence-corrected chi connectivity index (χ2v) is 7.35. The number of nitrogens with one attached hydrogen (secondary N) is 1. The average Bonchev–Trinajstić information content (AvgIpc) is 3.02. The Morgan fingerprint density at radius 1 is 1.17 bits per heavy atom. The van der Waals surface area contributed by atoms with Gasteiger partial charge in [0.1, 0.15) is 0 Å². The molecule has 3 heterocycles. The summed E-state index contributed by atoms with van der Waals surface area (Å²) in [5.41, 5.74) is 0.340. The summed E-state index contributed by atoms with van der Waals surface area (Å²) < 4.78 is 5.90. The van der Waals surface area contributed by atoms with Gasteiger partial charge in [-0.25, -0.2) is 0 Å². The molecule has 0 aromatic carbocycles. The van der Waals surface area contributed by atoms with Crippen LogP contribution in [0.1, 0.15) is 39.5 Å². The first-order chi connectivity index (χ1) is 8.68. The summed E-state index contributed by atoms with van der Waals surface area (Å²) in [6.45, 7) is 8.42. The number of hydrogen-bond acceptors (Lipinski definition) is 3. The molecule has 5 atom stereocenters. The summed E-state index contributed by atoms with van der Waals surface area (Å²) in [7, 11) is 0. The molecule has 4 fully saturated rings. The molecule has 1 N–H and O–H groups in total. The van der Waals surface area contributed by atoms with E-state index in [0.29, 0.717) is 17.6 Å². The molecule has 0 bridgehead atoms. The van der Waals surface area contributed by atoms with Gasteiger partial charge in [0, 0.05) is 42.6 Å². The van der Waals surface area contributed by atoms with Crippen molar-refractivity contribution in [2.75, 3.05) is 19.7 Å². The standard InChI is InChI=1S/C15H26N2O/c1-15(2)13(10-6-9-18-14(10)15)16-11-5-8-17-7-3-4-12(11)17/h10-14,16H,3-9H2,1-2H3. The van der Waals surface area contributed by atoms with E-state index >= 15 is 0 Å². The van der Waals surface area contributed by atoms with E-state index in [0.717, 1.165) is 24.6 Å². The SMILES string of the molecule is CC1(C)C(NC2CCN3CCCC23)C2CCOC21. The lowest BCUT2D eigenvalue weighted by atomic mass is 9.57. The monoisotopic (exact) mass is 250 g/mol. The normalized spacial score (nSPS) is 50.0. The second-order valence-electron chi connectivity index (χ2n) is 7.35. The van der Waals surface area contributed by atoms with Crippen LogP contribution in [0.3, 0.4) is 0 Å². The Bertz CT molecular complexity index is 343. The highest BCUT2D eigenvalue weighted by molar-refractivity contribution is 5.13. The molecule has 4 rings (SSSR count). The molecular formula is C15H26N2O. The van der Waals surface area contributed by atoms with Crippen molar-refractivity contribution in [3.8, 4) is 0 Å². The molecule has 102 valence electrons. The Morgan fingerprint density at radius 2 is 2.06 bits per heavy atom. The van der Waals surface area contributed by atoms with E-state index in [9.17, 15) is 0 Å². The summed E-state index contributed by atoms with van der Waals surface area (Å²) in [5.74, 6) is 0.787. The molecule has 18 heavy (non-hydrogen) atoms. The molecule has 5 unspecified atom stereocenters. The topological polar surface area (TPSA) is 24.5 Å². The fraction of sp³-hybridized carbons (Fsp3) is 1.00. The smallest absolute Gasteiger partial charge is 0.0685 e. The molecule has 0 amide bonds. The van der Waals surface area contributed by atoms with Gasteiger partial charge < -0.3 is 10.1 Å². The maximum absolute atomic E-state index is 5.90. The van der Waals surface area contributed by atoms with E-state index < -0.39 is 0 Å². The van der Waals surface area contributed by atoms with Crippen molar-refractivity contribution >= 4 is 0 Å². The van der Waals surface area contributed by atoms with Crippen LogP contribution in [0.15, 0.2) is 0 Å². The molecule has 3 heteroatoms. The first kappa shape index (κ1) is 11.7. The lowest BCUT2D eigenvalue weighted by Gasteiger charge is -2.56. The molecular weight excluding hydrogens is 224 g/mol. The second kappa shape index (κ2) is 3.94. The van der Waals surface area contributed by atoms with Gasteiger partial charge in [-0.2, -0.15) is 0 Å². The lowest BCUT2D eigenvalue weighted by molar-refractivity contribution is -0.116. The molecule has 0 spiro atoms. The number of ether oxygens (including phenoxy) is 1. The van der Waals surface area contributed by atoms with Crippen molar-refractivity contribution in [3.05, 3.63) is 0 Å². The third kappa shape index (κ3) is 1.47. The Balaban J connectivity index is 1.45. The fourth-order valence-electron chi connectivity index (χ4n) is 5.17. The van der Waals surface area contributed by atoms with Gasteiger partial charge >= 0.3 is 0 Å². The van der Waals surface area contributed by atoms with Crippen molar-refractivity contribution < 1.29 is 4.74 Å². The van der Waals surface area contributed by atoms with Crippen molar-refractivity contribution in [3.63, 3.8) is 0 Å². The number of nitrogens with zero attached hydrogens (tertiary/aromatic N) is 1. The lowest BCUT2D eigenvalue weighted by Crippen LogP contribution is -2.68. The Hall–Kier alpha value is -0.120. The van der Waals surface area contributed by atoms with E-state index in [-0.39, 0.29) is 0 Å². The fourth-order valence-corrected chi connectivity index (χ4v) is 5.17. The molecule has 1 aliphatic carbocycles. The summed E-state index contributed by atoms with van der Waals surface area (Å²) in [6.07, 6.45) is 5.97. The summed E-state index contributed by atoms with van der Waals surface area (Å²) >= 11 is 0. The first-order valence-electron chi connectivity index (χ1n) is 7.79. The number of rotatable bonds is 2. The van der Waals surface area contributed by atoms with Crippen LogP contribution in [0.25, 0.3) is 0 Å². The van der Waals surface area contributed by atoms with Gasteiger partial charge in [-0.1, -0.05) is 13.8 Å². The quantitative estimate of drug-likeness (QED) is 0.806. The molecule has 4 aliphatic rings. The molecule has 3 saturated heterocycles. The molecule has 0 aromatic rings. The Kier molecular flexibility index (Phi) is 2.56. The minimum Gasteiger partial charge on any atom is -0.377 e. The van der Waals surface area contributed by atoms with Gasteiger partial charge in [-0.3, -0.25) is 4.90 Å². The highest BCUT2D eigenvalue weighted by Gasteiger charge is 2.60. The highest BCUT2D eigenvalue weighted by Crippen LogP contribution is 2.52. The maximum Gasteiger partial charge on any atom is 0.0685 e. The van der Waals surface area contributed by atoms with Crippen LogP contribution >= 0.6 is 0 Å². The van der Waals surface area contributed by atoms with E-state index in [2.05, 4.69) is 24.1 Å². The average molecular weight is 250 g/mol. The first-order valence-corrected chi connectivity index (χ1v) is 7.79. The van der Waals surface area contributed by atoms with E-state index in [1.54, 1.807) is 0 Å². The summed E-state index contributed by atoms with van der Waals surface area (Å²) in [5, 5.41) is 4.03. The van der Waals surface area contributed by atoms with Gasteiger partial charge in [0.15, 0.2) is 0 Å². The molecule has 3 aliphatic heterocycles. The maximum atomic E-state index is 5.90. The van der Waals surface area contributed by atoms with Gasteiger partial charge in [-0.05, 0) is 32.2 Å². The van der Waals surface area contributed by atoms with E-state index in [1.165, 1.54) is 38.8 Å². The minimum atomic E-state index is 0.340. The van der Waals surface area contributed by atoms with Crippen LogP contribution in [0.5, 0.6) is 0 Å². The van der Waals surface area contributed by atoms with Gasteiger partial charge in [-0.15, -0.1) is 0 Å². The molecule has 0 radical (unpaired) electrons. The van der Waals surface area contributed by atoms with Crippen LogP contribution < -0.4 is 5.32 Å². The van der Waals surface area contributed by atoms with Gasteiger partial charge in [0.25, 0.3) is 0 Å². The van der Waals surface area contributed by atoms with E-state index in [4.69, 9.17) is 4.74 Å². The molecule has 3 nitrogen and oxygen atoms in total. The molecule has 0 aromatic heterocycles. The van der Waals surface area contributed by atoms with Crippen molar-refractivity contribution in [2.24, 2.45) is 11.3 Å². The van der Waals surface area contributed by atoms with Gasteiger partial charge in [0.2, 0.25) is 0 Å². The third-order valence-corrected chi connectivity index (χ3v) is 6.10. The van der Waals surface area contributed by atoms with Crippen LogP contribution in [0, 0.1) is 11.3 Å². The summed E-state index contributed by atoms with van der Waals surface area (Å²) in [6, 6.07) is 2.27. The van der Waals surface area contributed by atoms with Crippen LogP contribution in [-0.4, -0.2) is 48.8 Å². The zero-order chi connectivity index (χ0) is 12.3. The minimum absolute atomic E-state index is 0.340. The zero-order valence-corrected chi connectivity index (χ0v) is 11.7. The molecule has 1 saturated carbocycles. The predicted molar refractivity (Wildman–Crippen MR) is 71.6 cm³/mol. The summed E-state index contributed by atoms with van der Waals surface area (Å²) in [4.78, 5) is 2.70. The Labute approximate surface area is 110 Å². The predicted octanol–water partition coefficient (Wildman–Crippen LogP) is 1.63. The third-order valence-electron chi connectivity index (χ3n) is 6.10. The van der Waals surface area contributed by atoms with Crippen molar-refractivity contribution in [2.45, 2.75) is 63.8 Å². The van der Waals surface area contributed by atoms with Crippen LogP contribution in [0.2, 0.25) is 0 Å². The zero-order valence-electron chi connectivity index (χ0n) is 11.7. The van der Waals surface area contributed by atoms with Crippen LogP contribution in [-0.2, 0) is 4.74 Å². The van der Waals surface area contributed by atoms with Crippen LogP contribution in [0.4, 0.5) is 0 Å². The number of hydrogen-bond donors (Lipinski definition) is 1. The highest BCUT2D eigenvalue weighted by atomic mass is 16.5. The van der Waals surface area contributed by atoms with Crippen molar-refractivity contribution in [1.29, 1.82) is 0 Å². The largest absolute Gasteiger partial charge is 0.377 e. The van der Waals surface area contributed by atoms with Gasteiger partial charge in [0.05, 0.1) is 6.10 Å². The van der Waals surface area contributed by atoms with Crippen molar-refractivity contribution in [1.82, 2.24) is 10.2 Å². The number of fused-ring (bicyclic) bond motifs is 2. The van der Waals surface area contributed by atoms with E-state index in [1.807, 2.05) is 0 Å². The Morgan fingerprint density at radius 3 is 2.94 bits per heavy atom.